The van der Waals surface area contributed by atoms with Crippen LogP contribution in [0.2, 0.25) is 0 Å². The van der Waals surface area contributed by atoms with Crippen LogP contribution in [0.4, 0.5) is 4.39 Å². The second-order valence-electron chi connectivity index (χ2n) is 5.27. The van der Waals surface area contributed by atoms with Crippen LogP contribution in [0.1, 0.15) is 17.7 Å². The van der Waals surface area contributed by atoms with Crippen molar-refractivity contribution < 1.29 is 14.3 Å². The van der Waals surface area contributed by atoms with Crippen molar-refractivity contribution >= 4 is 16.9 Å². The van der Waals surface area contributed by atoms with Crippen LogP contribution in [-0.4, -0.2) is 28.7 Å². The molecule has 106 valence electrons. The maximum atomic E-state index is 14.2. The van der Waals surface area contributed by atoms with E-state index in [1.165, 1.54) is 6.07 Å². The van der Waals surface area contributed by atoms with E-state index in [0.717, 1.165) is 29.5 Å². The smallest absolute Gasteiger partial charge is 0.307 e. The van der Waals surface area contributed by atoms with E-state index >= 15 is 0 Å². The number of para-hydroxylation sites is 1. The summed E-state index contributed by atoms with van der Waals surface area (Å²) in [6.45, 7) is 0.683. The Morgan fingerprint density at radius 1 is 1.55 bits per heavy atom. The van der Waals surface area contributed by atoms with Crippen LogP contribution < -0.4 is 5.32 Å². The van der Waals surface area contributed by atoms with Crippen LogP contribution in [0.3, 0.4) is 0 Å². The highest BCUT2D eigenvalue weighted by Crippen LogP contribution is 2.32. The van der Waals surface area contributed by atoms with E-state index in [1.807, 2.05) is 17.7 Å². The van der Waals surface area contributed by atoms with Crippen molar-refractivity contribution in [3.63, 3.8) is 0 Å². The molecule has 1 atom stereocenters. The summed E-state index contributed by atoms with van der Waals surface area (Å²) < 4.78 is 16.1. The van der Waals surface area contributed by atoms with E-state index in [9.17, 15) is 9.18 Å². The van der Waals surface area contributed by atoms with Gasteiger partial charge in [0.25, 0.3) is 0 Å². The Balaban J connectivity index is 2.24. The third kappa shape index (κ3) is 1.98. The number of hydrogen-bond acceptors (Lipinski definition) is 2. The molecule has 20 heavy (non-hydrogen) atoms. The van der Waals surface area contributed by atoms with E-state index in [-0.39, 0.29) is 12.2 Å². The molecule has 2 heterocycles. The second-order valence-corrected chi connectivity index (χ2v) is 5.27. The first kappa shape index (κ1) is 13.1. The Morgan fingerprint density at radius 2 is 2.35 bits per heavy atom. The summed E-state index contributed by atoms with van der Waals surface area (Å²) in [7, 11) is 1.90. The summed E-state index contributed by atoms with van der Waals surface area (Å²) in [6, 6.07) is 5.19. The number of carboxylic acids is 1. The van der Waals surface area contributed by atoms with Crippen molar-refractivity contribution in [3.05, 3.63) is 35.3 Å². The first-order valence-corrected chi connectivity index (χ1v) is 6.79. The monoisotopic (exact) mass is 276 g/mol. The number of aliphatic carboxylic acids is 1. The molecule has 1 aliphatic heterocycles. The lowest BCUT2D eigenvalue weighted by atomic mass is 10.0. The van der Waals surface area contributed by atoms with Crippen molar-refractivity contribution in [2.24, 2.45) is 0 Å². The highest BCUT2D eigenvalue weighted by Gasteiger charge is 2.26. The van der Waals surface area contributed by atoms with Gasteiger partial charge in [-0.3, -0.25) is 4.79 Å². The largest absolute Gasteiger partial charge is 0.481 e. The number of halogens is 1. The molecule has 3 rings (SSSR count). The van der Waals surface area contributed by atoms with E-state index in [1.54, 1.807) is 6.07 Å². The minimum Gasteiger partial charge on any atom is -0.481 e. The Kier molecular flexibility index (Phi) is 3.22. The molecule has 0 amide bonds. The van der Waals surface area contributed by atoms with Crippen molar-refractivity contribution in [2.45, 2.75) is 31.8 Å². The van der Waals surface area contributed by atoms with Crippen LogP contribution in [0.5, 0.6) is 0 Å². The molecule has 0 aliphatic carbocycles. The molecule has 0 radical (unpaired) electrons. The lowest BCUT2D eigenvalue weighted by Crippen LogP contribution is -2.35. The molecule has 1 aromatic carbocycles. The summed E-state index contributed by atoms with van der Waals surface area (Å²) >= 11 is 0. The molecule has 5 heteroatoms. The zero-order chi connectivity index (χ0) is 14.3. The quantitative estimate of drug-likeness (QED) is 0.901. The number of nitrogens with zero attached hydrogens (tertiary/aromatic N) is 1. The predicted molar refractivity (Wildman–Crippen MR) is 74.4 cm³/mol. The van der Waals surface area contributed by atoms with Crippen LogP contribution in [-0.2, 0) is 24.2 Å². The van der Waals surface area contributed by atoms with Crippen molar-refractivity contribution in [1.29, 1.82) is 0 Å². The number of benzene rings is 1. The fourth-order valence-corrected chi connectivity index (χ4v) is 3.18. The van der Waals surface area contributed by atoms with Gasteiger partial charge in [0.1, 0.15) is 5.82 Å². The average molecular weight is 276 g/mol. The topological polar surface area (TPSA) is 54.3 Å². The molecule has 0 saturated carbocycles. The third-order valence-corrected chi connectivity index (χ3v) is 4.12. The number of carbonyl (C=O) groups is 1. The fourth-order valence-electron chi connectivity index (χ4n) is 3.18. The molecule has 0 bridgehead atoms. The molecule has 0 saturated heterocycles. The zero-order valence-corrected chi connectivity index (χ0v) is 11.3. The normalized spacial score (nSPS) is 18.2. The number of aromatic nitrogens is 1. The second kappa shape index (κ2) is 4.90. The Labute approximate surface area is 116 Å². The molecule has 2 N–H and O–H groups in total. The maximum absolute atomic E-state index is 14.2. The number of fused-ring (bicyclic) bond motifs is 3. The first-order valence-electron chi connectivity index (χ1n) is 6.79. The van der Waals surface area contributed by atoms with Gasteiger partial charge in [0.15, 0.2) is 0 Å². The minimum atomic E-state index is -0.875. The van der Waals surface area contributed by atoms with E-state index in [4.69, 9.17) is 5.11 Å². The van der Waals surface area contributed by atoms with Gasteiger partial charge >= 0.3 is 5.97 Å². The predicted octanol–water partition coefficient (Wildman–Crippen LogP) is 1.94. The summed E-state index contributed by atoms with van der Waals surface area (Å²) in [5, 5.41) is 13.1. The number of hydrogen-bond donors (Lipinski definition) is 2. The lowest BCUT2D eigenvalue weighted by Gasteiger charge is -2.25. The average Bonchev–Trinajstić information content (AvgIpc) is 2.73. The Morgan fingerprint density at radius 3 is 3.05 bits per heavy atom. The van der Waals surface area contributed by atoms with Gasteiger partial charge in [-0.25, -0.2) is 4.39 Å². The van der Waals surface area contributed by atoms with Gasteiger partial charge in [-0.05, 0) is 31.5 Å². The van der Waals surface area contributed by atoms with Crippen LogP contribution in [0, 0.1) is 5.82 Å². The highest BCUT2D eigenvalue weighted by atomic mass is 19.1. The number of nitrogens with one attached hydrogen (secondary N) is 1. The van der Waals surface area contributed by atoms with E-state index in [2.05, 4.69) is 5.32 Å². The number of rotatable bonds is 3. The van der Waals surface area contributed by atoms with Crippen LogP contribution in [0.15, 0.2) is 18.2 Å². The Hall–Kier alpha value is -1.88. The third-order valence-electron chi connectivity index (χ3n) is 4.12. The van der Waals surface area contributed by atoms with Gasteiger partial charge in [-0.2, -0.15) is 0 Å². The zero-order valence-electron chi connectivity index (χ0n) is 11.3. The van der Waals surface area contributed by atoms with Gasteiger partial charge in [0.2, 0.25) is 0 Å². The fraction of sp³-hybridized carbons (Fsp3) is 0.400. The van der Waals surface area contributed by atoms with Crippen molar-refractivity contribution in [2.75, 3.05) is 7.05 Å². The lowest BCUT2D eigenvalue weighted by molar-refractivity contribution is -0.136. The van der Waals surface area contributed by atoms with Gasteiger partial charge in [0.05, 0.1) is 11.9 Å². The van der Waals surface area contributed by atoms with Crippen molar-refractivity contribution in [3.8, 4) is 0 Å². The highest BCUT2D eigenvalue weighted by molar-refractivity contribution is 5.89. The summed E-state index contributed by atoms with van der Waals surface area (Å²) in [4.78, 5) is 11.1. The summed E-state index contributed by atoms with van der Waals surface area (Å²) in [5.74, 6) is -1.16. The van der Waals surface area contributed by atoms with Gasteiger partial charge < -0.3 is 15.0 Å². The standard InChI is InChI=1S/C15H17FN2O2/c1-17-9-5-6-13-11(7-14(19)20)10-3-2-4-12(16)15(10)18(13)8-9/h2-4,9,17H,5-8H2,1H3,(H,19,20)/t9-/m1/s1. The number of carboxylic acid groups (broad SMARTS) is 1. The molecule has 1 aromatic heterocycles. The molecule has 0 fully saturated rings. The summed E-state index contributed by atoms with van der Waals surface area (Å²) in [5.41, 5.74) is 2.28. The molecular weight excluding hydrogens is 259 g/mol. The van der Waals surface area contributed by atoms with Crippen molar-refractivity contribution in [1.82, 2.24) is 9.88 Å². The van der Waals surface area contributed by atoms with Gasteiger partial charge in [-0.15, -0.1) is 0 Å². The van der Waals surface area contributed by atoms with Gasteiger partial charge in [-0.1, -0.05) is 12.1 Å². The molecule has 0 spiro atoms. The molecule has 0 unspecified atom stereocenters. The molecule has 2 aromatic rings. The molecule has 1 aliphatic rings. The first-order chi connectivity index (χ1) is 9.61. The van der Waals surface area contributed by atoms with E-state index in [0.29, 0.717) is 18.1 Å². The van der Waals surface area contributed by atoms with Gasteiger partial charge in [0, 0.05) is 23.7 Å². The van der Waals surface area contributed by atoms with Crippen LogP contribution >= 0.6 is 0 Å². The maximum Gasteiger partial charge on any atom is 0.307 e. The summed E-state index contributed by atoms with van der Waals surface area (Å²) in [6.07, 6.45) is 1.68. The molecular formula is C15H17FN2O2. The molecule has 4 nitrogen and oxygen atoms in total. The SMILES string of the molecule is CN[C@@H]1CCc2c(CC(=O)O)c3cccc(F)c3n2C1. The van der Waals surface area contributed by atoms with Crippen LogP contribution in [0.25, 0.3) is 10.9 Å². The minimum absolute atomic E-state index is 0.0491. The van der Waals surface area contributed by atoms with E-state index < -0.39 is 5.97 Å². The number of likely N-dealkylation sites (N-methyl/N-ethyl adjacent to an activating group) is 1. The Bertz CT molecular complexity index is 678.